The van der Waals surface area contributed by atoms with Crippen molar-refractivity contribution in [1.82, 2.24) is 4.90 Å². The molecule has 6 heteroatoms. The lowest BCUT2D eigenvalue weighted by atomic mass is 9.92. The van der Waals surface area contributed by atoms with Gasteiger partial charge in [0.1, 0.15) is 6.26 Å². The molecule has 0 saturated carbocycles. The molecule has 1 amide bonds. The van der Waals surface area contributed by atoms with Gasteiger partial charge in [0.15, 0.2) is 0 Å². The van der Waals surface area contributed by atoms with Crippen molar-refractivity contribution in [3.05, 3.63) is 34.4 Å². The summed E-state index contributed by atoms with van der Waals surface area (Å²) in [6.45, 7) is 1.23. The number of hydrogen-bond donors (Lipinski definition) is 1. The quantitative estimate of drug-likeness (QED) is 0.899. The number of carbonyl (C=O) groups excluding carboxylic acids is 1. The van der Waals surface area contributed by atoms with E-state index < -0.39 is 11.6 Å². The molecule has 1 aromatic heterocycles. The minimum atomic E-state index is -0.775. The zero-order valence-corrected chi connectivity index (χ0v) is 11.1. The van der Waals surface area contributed by atoms with E-state index in [1.165, 1.54) is 18.4 Å². The molecule has 1 N–H and O–H groups in total. The van der Waals surface area contributed by atoms with Crippen LogP contribution in [0.3, 0.4) is 0 Å². The van der Waals surface area contributed by atoms with Gasteiger partial charge < -0.3 is 14.4 Å². The highest BCUT2D eigenvalue weighted by Gasteiger charge is 2.24. The summed E-state index contributed by atoms with van der Waals surface area (Å²) in [6.07, 6.45) is 3.66. The van der Waals surface area contributed by atoms with Crippen LogP contribution in [0.5, 0.6) is 0 Å². The van der Waals surface area contributed by atoms with Crippen molar-refractivity contribution in [2.24, 2.45) is 5.92 Å². The second-order valence-corrected chi connectivity index (χ2v) is 5.01. The van der Waals surface area contributed by atoms with Crippen LogP contribution in [0.2, 0.25) is 0 Å². The zero-order valence-electron chi connectivity index (χ0n) is 11.1. The van der Waals surface area contributed by atoms with Gasteiger partial charge in [-0.05, 0) is 31.2 Å². The number of rotatable bonds is 4. The Morgan fingerprint density at radius 2 is 2.00 bits per heavy atom. The maximum Gasteiger partial charge on any atom is 0.335 e. The number of carboxylic acids is 1. The molecule has 0 bridgehead atoms. The summed E-state index contributed by atoms with van der Waals surface area (Å²) in [5.74, 6) is -0.558. The monoisotopic (exact) mass is 279 g/mol. The Balaban J connectivity index is 1.87. The maximum absolute atomic E-state index is 12.2. The molecule has 108 valence electrons. The molecule has 2 heterocycles. The summed E-state index contributed by atoms with van der Waals surface area (Å²) in [6, 6.07) is 2.69. The summed E-state index contributed by atoms with van der Waals surface area (Å²) in [5, 5.41) is 8.65. The molecule has 0 spiro atoms. The molecule has 20 heavy (non-hydrogen) atoms. The predicted octanol–water partition coefficient (Wildman–Crippen LogP) is 1.36. The van der Waals surface area contributed by atoms with Gasteiger partial charge in [0, 0.05) is 25.6 Å². The molecule has 0 atom stereocenters. The molecular weight excluding hydrogens is 262 g/mol. The van der Waals surface area contributed by atoms with Crippen molar-refractivity contribution in [2.75, 3.05) is 13.1 Å². The van der Waals surface area contributed by atoms with Crippen LogP contribution in [0.15, 0.2) is 27.6 Å². The number of piperidine rings is 1. The van der Waals surface area contributed by atoms with Crippen molar-refractivity contribution in [2.45, 2.75) is 25.7 Å². The number of carbonyl (C=O) groups is 2. The molecule has 1 aromatic rings. The van der Waals surface area contributed by atoms with Gasteiger partial charge in [0.25, 0.3) is 5.91 Å². The van der Waals surface area contributed by atoms with E-state index in [0.29, 0.717) is 31.0 Å². The lowest BCUT2D eigenvalue weighted by molar-refractivity contribution is -0.137. The van der Waals surface area contributed by atoms with Crippen LogP contribution in [-0.4, -0.2) is 35.0 Å². The first kappa shape index (κ1) is 14.3. The molecule has 0 aromatic carbocycles. The number of aliphatic carboxylic acids is 1. The van der Waals surface area contributed by atoms with Gasteiger partial charge in [-0.1, -0.05) is 0 Å². The fourth-order valence-electron chi connectivity index (χ4n) is 2.41. The summed E-state index contributed by atoms with van der Waals surface area (Å²) in [7, 11) is 0. The summed E-state index contributed by atoms with van der Waals surface area (Å²) in [4.78, 5) is 35.2. The number of amides is 1. The van der Waals surface area contributed by atoms with E-state index in [4.69, 9.17) is 5.11 Å². The summed E-state index contributed by atoms with van der Waals surface area (Å²) >= 11 is 0. The summed E-state index contributed by atoms with van der Waals surface area (Å²) in [5.41, 5.74) is -0.109. The fraction of sp³-hybridized carbons (Fsp3) is 0.500. The Kier molecular flexibility index (Phi) is 4.55. The normalized spacial score (nSPS) is 16.1. The lowest BCUT2D eigenvalue weighted by Gasteiger charge is -2.31. The molecule has 0 radical (unpaired) electrons. The standard InChI is InChI=1S/C14H17NO5/c16-12(17)3-1-10-5-7-15(8-6-10)14(19)11-2-4-13(18)20-9-11/h2,4,9-10H,1,3,5-8H2,(H,16,17). The molecule has 6 nitrogen and oxygen atoms in total. The number of hydrogen-bond acceptors (Lipinski definition) is 4. The van der Waals surface area contributed by atoms with E-state index >= 15 is 0 Å². The van der Waals surface area contributed by atoms with Gasteiger partial charge in [-0.3, -0.25) is 9.59 Å². The van der Waals surface area contributed by atoms with Gasteiger partial charge in [-0.2, -0.15) is 0 Å². The molecule has 1 aliphatic heterocycles. The lowest BCUT2D eigenvalue weighted by Crippen LogP contribution is -2.38. The predicted molar refractivity (Wildman–Crippen MR) is 70.5 cm³/mol. The highest BCUT2D eigenvalue weighted by Crippen LogP contribution is 2.22. The van der Waals surface area contributed by atoms with E-state index in [1.54, 1.807) is 4.90 Å². The summed E-state index contributed by atoms with van der Waals surface area (Å²) < 4.78 is 4.69. The molecule has 2 rings (SSSR count). The van der Waals surface area contributed by atoms with E-state index in [1.807, 2.05) is 0 Å². The van der Waals surface area contributed by atoms with E-state index in [9.17, 15) is 14.4 Å². The average Bonchev–Trinajstić information content (AvgIpc) is 2.46. The van der Waals surface area contributed by atoms with Crippen LogP contribution in [0.1, 0.15) is 36.0 Å². The van der Waals surface area contributed by atoms with Crippen LogP contribution < -0.4 is 5.63 Å². The van der Waals surface area contributed by atoms with Gasteiger partial charge in [-0.15, -0.1) is 0 Å². The van der Waals surface area contributed by atoms with E-state index in [0.717, 1.165) is 12.8 Å². The molecule has 1 saturated heterocycles. The highest BCUT2D eigenvalue weighted by molar-refractivity contribution is 5.93. The molecular formula is C14H17NO5. The maximum atomic E-state index is 12.2. The van der Waals surface area contributed by atoms with Crippen LogP contribution in [0, 0.1) is 5.92 Å². The number of carboxylic acid groups (broad SMARTS) is 1. The first-order chi connectivity index (χ1) is 9.56. The van der Waals surface area contributed by atoms with Crippen molar-refractivity contribution in [3.8, 4) is 0 Å². The number of likely N-dealkylation sites (tertiary alicyclic amines) is 1. The van der Waals surface area contributed by atoms with Crippen LogP contribution >= 0.6 is 0 Å². The van der Waals surface area contributed by atoms with E-state index in [-0.39, 0.29) is 12.3 Å². The Hall–Kier alpha value is -2.11. The third-order valence-electron chi connectivity index (χ3n) is 3.62. The van der Waals surface area contributed by atoms with Crippen LogP contribution in [0.4, 0.5) is 0 Å². The first-order valence-corrected chi connectivity index (χ1v) is 6.66. The van der Waals surface area contributed by atoms with Gasteiger partial charge >= 0.3 is 11.6 Å². The third-order valence-corrected chi connectivity index (χ3v) is 3.62. The van der Waals surface area contributed by atoms with Crippen LogP contribution in [-0.2, 0) is 4.79 Å². The number of nitrogens with zero attached hydrogens (tertiary/aromatic N) is 1. The first-order valence-electron chi connectivity index (χ1n) is 6.66. The van der Waals surface area contributed by atoms with Crippen molar-refractivity contribution < 1.29 is 19.1 Å². The highest BCUT2D eigenvalue weighted by atomic mass is 16.4. The minimum Gasteiger partial charge on any atom is -0.481 e. The van der Waals surface area contributed by atoms with Crippen LogP contribution in [0.25, 0.3) is 0 Å². The minimum absolute atomic E-state index is 0.148. The van der Waals surface area contributed by atoms with Gasteiger partial charge in [0.2, 0.25) is 0 Å². The third kappa shape index (κ3) is 3.69. The van der Waals surface area contributed by atoms with Crippen molar-refractivity contribution >= 4 is 11.9 Å². The molecule has 1 fully saturated rings. The van der Waals surface area contributed by atoms with Gasteiger partial charge in [0.05, 0.1) is 5.56 Å². The molecule has 1 aliphatic rings. The molecule has 0 unspecified atom stereocenters. The Bertz CT molecular complexity index is 522. The Morgan fingerprint density at radius 1 is 1.30 bits per heavy atom. The topological polar surface area (TPSA) is 87.8 Å². The van der Waals surface area contributed by atoms with E-state index in [2.05, 4.69) is 4.42 Å². The molecule has 0 aliphatic carbocycles. The van der Waals surface area contributed by atoms with Crippen molar-refractivity contribution in [1.29, 1.82) is 0 Å². The van der Waals surface area contributed by atoms with Crippen molar-refractivity contribution in [3.63, 3.8) is 0 Å². The smallest absolute Gasteiger partial charge is 0.335 e. The zero-order chi connectivity index (χ0) is 14.5. The largest absolute Gasteiger partial charge is 0.481 e. The SMILES string of the molecule is O=C(O)CCC1CCN(C(=O)c2ccc(=O)oc2)CC1. The van der Waals surface area contributed by atoms with Gasteiger partial charge in [-0.25, -0.2) is 4.79 Å². The average molecular weight is 279 g/mol. The Morgan fingerprint density at radius 3 is 2.55 bits per heavy atom. The fourth-order valence-corrected chi connectivity index (χ4v) is 2.41. The second kappa shape index (κ2) is 6.36. The Labute approximate surface area is 116 Å². The second-order valence-electron chi connectivity index (χ2n) is 5.01.